The van der Waals surface area contributed by atoms with E-state index in [1.54, 1.807) is 0 Å². The Morgan fingerprint density at radius 2 is 1.86 bits per heavy atom. The number of ether oxygens (including phenoxy) is 4. The minimum atomic E-state index is -0.722. The smallest absolute Gasteiger partial charge is 0.362 e. The summed E-state index contributed by atoms with van der Waals surface area (Å²) in [6.07, 6.45) is 0. The minimum Gasteiger partial charge on any atom is -0.464 e. The molecular weight excluding hydrogens is 296 g/mol. The van der Waals surface area contributed by atoms with Gasteiger partial charge >= 0.3 is 11.9 Å². The molecule has 124 valence electrons. The number of nitrogens with two attached hydrogens (primary N) is 1. The van der Waals surface area contributed by atoms with Crippen molar-refractivity contribution in [3.05, 3.63) is 5.69 Å². The molecule has 0 aliphatic carbocycles. The van der Waals surface area contributed by atoms with Crippen LogP contribution in [0.2, 0.25) is 0 Å². The number of carbonyl (C=O) groups is 2. The second-order valence-electron chi connectivity index (χ2n) is 4.00. The number of aromatic nitrogens is 3. The Balaban J connectivity index is 2.28. The summed E-state index contributed by atoms with van der Waals surface area (Å²) in [7, 11) is 1.20. The molecule has 1 heterocycles. The lowest BCUT2D eigenvalue weighted by Gasteiger charge is -2.06. The van der Waals surface area contributed by atoms with Crippen LogP contribution in [0.1, 0.15) is 17.4 Å². The second kappa shape index (κ2) is 9.68. The van der Waals surface area contributed by atoms with Crippen LogP contribution in [0.4, 0.5) is 5.82 Å². The number of hydrogen-bond acceptors (Lipinski definition) is 9. The molecule has 0 atom stereocenters. The maximum atomic E-state index is 11.6. The van der Waals surface area contributed by atoms with Crippen molar-refractivity contribution < 1.29 is 28.5 Å². The molecule has 0 aliphatic heterocycles. The second-order valence-corrected chi connectivity index (χ2v) is 4.00. The van der Waals surface area contributed by atoms with E-state index in [0.29, 0.717) is 19.8 Å². The molecule has 0 aromatic carbocycles. The van der Waals surface area contributed by atoms with Crippen LogP contribution in [0.15, 0.2) is 0 Å². The minimum absolute atomic E-state index is 0.0586. The fourth-order valence-electron chi connectivity index (χ4n) is 1.43. The Morgan fingerprint density at radius 3 is 2.55 bits per heavy atom. The van der Waals surface area contributed by atoms with E-state index in [1.165, 1.54) is 7.11 Å². The van der Waals surface area contributed by atoms with Gasteiger partial charge in [-0.3, -0.25) is 4.79 Å². The number of nitrogen functional groups attached to an aromatic ring is 1. The molecule has 10 heteroatoms. The zero-order valence-corrected chi connectivity index (χ0v) is 12.6. The standard InChI is InChI=1S/C12H20N4O6/c1-3-20-4-5-21-6-7-22-9(17)8-16-11(13)10(14-15-16)12(18)19-2/h3-8,13H2,1-2H3. The van der Waals surface area contributed by atoms with Crippen molar-refractivity contribution in [3.8, 4) is 0 Å². The third-order valence-corrected chi connectivity index (χ3v) is 2.50. The normalized spacial score (nSPS) is 10.5. The molecule has 1 aromatic rings. The Kier molecular flexibility index (Phi) is 7.86. The molecular formula is C12H20N4O6. The lowest BCUT2D eigenvalue weighted by molar-refractivity contribution is -0.146. The quantitative estimate of drug-likeness (QED) is 0.437. The SMILES string of the molecule is CCOCCOCCOC(=O)Cn1nnc(C(=O)OC)c1N. The fraction of sp³-hybridized carbons (Fsp3) is 0.667. The van der Waals surface area contributed by atoms with E-state index in [1.807, 2.05) is 6.92 Å². The van der Waals surface area contributed by atoms with Crippen LogP contribution in [0.5, 0.6) is 0 Å². The molecule has 0 saturated heterocycles. The van der Waals surface area contributed by atoms with Gasteiger partial charge in [-0.05, 0) is 6.92 Å². The highest BCUT2D eigenvalue weighted by atomic mass is 16.6. The number of rotatable bonds is 10. The predicted octanol–water partition coefficient (Wildman–Crippen LogP) is -0.757. The van der Waals surface area contributed by atoms with Crippen LogP contribution >= 0.6 is 0 Å². The van der Waals surface area contributed by atoms with Crippen molar-refractivity contribution in [2.75, 3.05) is 45.9 Å². The predicted molar refractivity (Wildman–Crippen MR) is 74.0 cm³/mol. The zero-order chi connectivity index (χ0) is 16.4. The van der Waals surface area contributed by atoms with Gasteiger partial charge in [-0.25, -0.2) is 9.48 Å². The van der Waals surface area contributed by atoms with Crippen molar-refractivity contribution in [1.29, 1.82) is 0 Å². The summed E-state index contributed by atoms with van der Waals surface area (Å²) >= 11 is 0. The fourth-order valence-corrected chi connectivity index (χ4v) is 1.43. The Morgan fingerprint density at radius 1 is 1.18 bits per heavy atom. The molecule has 0 radical (unpaired) electrons. The Hall–Kier alpha value is -2.20. The topological polar surface area (TPSA) is 128 Å². The van der Waals surface area contributed by atoms with E-state index in [2.05, 4.69) is 15.0 Å². The van der Waals surface area contributed by atoms with Gasteiger partial charge < -0.3 is 24.7 Å². The first-order valence-electron chi connectivity index (χ1n) is 6.68. The third kappa shape index (κ3) is 5.66. The number of anilines is 1. The Bertz CT molecular complexity index is 490. The van der Waals surface area contributed by atoms with E-state index in [4.69, 9.17) is 19.9 Å². The first kappa shape index (κ1) is 17.9. The molecule has 0 saturated carbocycles. The third-order valence-electron chi connectivity index (χ3n) is 2.50. The van der Waals surface area contributed by atoms with Crippen LogP contribution in [-0.2, 0) is 30.3 Å². The molecule has 0 unspecified atom stereocenters. The molecule has 1 aromatic heterocycles. The van der Waals surface area contributed by atoms with Crippen LogP contribution in [-0.4, -0.2) is 67.1 Å². The average molecular weight is 316 g/mol. The summed E-state index contributed by atoms with van der Waals surface area (Å²) in [5.41, 5.74) is 5.50. The summed E-state index contributed by atoms with van der Waals surface area (Å²) in [6.45, 7) is 3.56. The van der Waals surface area contributed by atoms with Crippen LogP contribution in [0.3, 0.4) is 0 Å². The van der Waals surface area contributed by atoms with Crippen LogP contribution < -0.4 is 5.73 Å². The molecule has 0 spiro atoms. The highest BCUT2D eigenvalue weighted by Crippen LogP contribution is 2.08. The van der Waals surface area contributed by atoms with Crippen molar-refractivity contribution in [2.24, 2.45) is 0 Å². The monoisotopic (exact) mass is 316 g/mol. The van der Waals surface area contributed by atoms with Gasteiger partial charge in [0.05, 0.1) is 26.9 Å². The summed E-state index contributed by atoms with van der Waals surface area (Å²) in [4.78, 5) is 22.9. The summed E-state index contributed by atoms with van der Waals surface area (Å²) in [5, 5.41) is 7.14. The largest absolute Gasteiger partial charge is 0.464 e. The molecule has 22 heavy (non-hydrogen) atoms. The molecule has 10 nitrogen and oxygen atoms in total. The van der Waals surface area contributed by atoms with Crippen molar-refractivity contribution in [1.82, 2.24) is 15.0 Å². The number of esters is 2. The highest BCUT2D eigenvalue weighted by Gasteiger charge is 2.19. The van der Waals surface area contributed by atoms with E-state index in [-0.39, 0.29) is 31.3 Å². The van der Waals surface area contributed by atoms with Crippen molar-refractivity contribution >= 4 is 17.8 Å². The Labute approximate surface area is 127 Å². The summed E-state index contributed by atoms with van der Waals surface area (Å²) < 4.78 is 20.7. The van der Waals surface area contributed by atoms with E-state index >= 15 is 0 Å². The maximum absolute atomic E-state index is 11.6. The van der Waals surface area contributed by atoms with Gasteiger partial charge in [0.15, 0.2) is 5.82 Å². The average Bonchev–Trinajstić information content (AvgIpc) is 2.86. The van der Waals surface area contributed by atoms with Crippen molar-refractivity contribution in [2.45, 2.75) is 13.5 Å². The van der Waals surface area contributed by atoms with Crippen LogP contribution in [0.25, 0.3) is 0 Å². The molecule has 2 N–H and O–H groups in total. The molecule has 0 amide bonds. The molecule has 0 fully saturated rings. The van der Waals surface area contributed by atoms with E-state index in [0.717, 1.165) is 4.68 Å². The van der Waals surface area contributed by atoms with Gasteiger partial charge in [0.2, 0.25) is 5.69 Å². The van der Waals surface area contributed by atoms with Crippen LogP contribution in [0, 0.1) is 0 Å². The molecule has 0 bridgehead atoms. The van der Waals surface area contributed by atoms with E-state index < -0.39 is 11.9 Å². The molecule has 1 rings (SSSR count). The van der Waals surface area contributed by atoms with Gasteiger partial charge in [-0.2, -0.15) is 0 Å². The first-order chi connectivity index (χ1) is 10.6. The van der Waals surface area contributed by atoms with Gasteiger partial charge in [0.1, 0.15) is 13.2 Å². The van der Waals surface area contributed by atoms with E-state index in [9.17, 15) is 9.59 Å². The first-order valence-corrected chi connectivity index (χ1v) is 6.68. The molecule has 0 aliphatic rings. The maximum Gasteiger partial charge on any atom is 0.362 e. The van der Waals surface area contributed by atoms with Crippen molar-refractivity contribution in [3.63, 3.8) is 0 Å². The lowest BCUT2D eigenvalue weighted by Crippen LogP contribution is -2.19. The summed E-state index contributed by atoms with van der Waals surface area (Å²) in [5.74, 6) is -1.35. The van der Waals surface area contributed by atoms with Gasteiger partial charge in [-0.1, -0.05) is 5.21 Å². The van der Waals surface area contributed by atoms with Gasteiger partial charge in [-0.15, -0.1) is 5.10 Å². The van der Waals surface area contributed by atoms with Gasteiger partial charge in [0, 0.05) is 6.61 Å². The highest BCUT2D eigenvalue weighted by molar-refractivity contribution is 5.91. The van der Waals surface area contributed by atoms with Gasteiger partial charge in [0.25, 0.3) is 0 Å². The number of nitrogens with zero attached hydrogens (tertiary/aromatic N) is 3. The number of hydrogen-bond donors (Lipinski definition) is 1. The zero-order valence-electron chi connectivity index (χ0n) is 12.6. The number of methoxy groups -OCH3 is 1. The lowest BCUT2D eigenvalue weighted by atomic mass is 10.4. The summed E-state index contributed by atoms with van der Waals surface area (Å²) in [6, 6.07) is 0. The number of carbonyl (C=O) groups excluding carboxylic acids is 2.